The maximum Gasteiger partial charge on any atom is 0.417 e. The molecule has 114 valence electrons. The molecule has 0 aliphatic carbocycles. The van der Waals surface area contributed by atoms with Crippen molar-refractivity contribution >= 4 is 0 Å². The molecule has 0 saturated heterocycles. The minimum atomic E-state index is -4.35. The van der Waals surface area contributed by atoms with E-state index in [-0.39, 0.29) is 6.04 Å². The van der Waals surface area contributed by atoms with E-state index in [1.807, 2.05) is 13.1 Å². The molecule has 2 heterocycles. The highest BCUT2D eigenvalue weighted by Gasteiger charge is 2.30. The van der Waals surface area contributed by atoms with E-state index in [1.165, 1.54) is 6.07 Å². The number of aromatic nitrogens is 3. The summed E-state index contributed by atoms with van der Waals surface area (Å²) in [6, 6.07) is 4.32. The van der Waals surface area contributed by atoms with Crippen molar-refractivity contribution in [3.63, 3.8) is 0 Å². The second-order valence-corrected chi connectivity index (χ2v) is 4.80. The van der Waals surface area contributed by atoms with Crippen LogP contribution < -0.4 is 5.32 Å². The van der Waals surface area contributed by atoms with Crippen LogP contribution in [0.25, 0.3) is 0 Å². The van der Waals surface area contributed by atoms with E-state index in [4.69, 9.17) is 0 Å². The Balaban J connectivity index is 2.05. The zero-order chi connectivity index (χ0) is 15.5. The second kappa shape index (κ2) is 6.26. The van der Waals surface area contributed by atoms with Crippen molar-refractivity contribution in [1.82, 2.24) is 20.1 Å². The zero-order valence-corrected chi connectivity index (χ0v) is 11.9. The number of nitrogens with one attached hydrogen (secondary N) is 1. The van der Waals surface area contributed by atoms with Crippen LogP contribution in [0.1, 0.15) is 29.4 Å². The lowest BCUT2D eigenvalue weighted by Crippen LogP contribution is -2.19. The van der Waals surface area contributed by atoms with Gasteiger partial charge in [-0.1, -0.05) is 0 Å². The molecular weight excluding hydrogens is 281 g/mol. The lowest BCUT2D eigenvalue weighted by molar-refractivity contribution is -0.137. The molecule has 0 aliphatic heterocycles. The minimum absolute atomic E-state index is 0.0952. The molecule has 0 fully saturated rings. The van der Waals surface area contributed by atoms with E-state index in [1.54, 1.807) is 17.9 Å². The Morgan fingerprint density at radius 2 is 2.05 bits per heavy atom. The second-order valence-electron chi connectivity index (χ2n) is 4.80. The summed E-state index contributed by atoms with van der Waals surface area (Å²) in [5, 5.41) is 7.17. The van der Waals surface area contributed by atoms with Gasteiger partial charge in [-0.25, -0.2) is 0 Å². The number of hydrogen-bond acceptors (Lipinski definition) is 3. The maximum atomic E-state index is 12.5. The highest BCUT2D eigenvalue weighted by Crippen LogP contribution is 2.29. The zero-order valence-electron chi connectivity index (χ0n) is 11.9. The van der Waals surface area contributed by atoms with Crippen molar-refractivity contribution in [3.05, 3.63) is 47.5 Å². The highest BCUT2D eigenvalue weighted by atomic mass is 19.4. The van der Waals surface area contributed by atoms with E-state index < -0.39 is 11.7 Å². The molecule has 2 rings (SSSR count). The molecule has 7 heteroatoms. The van der Waals surface area contributed by atoms with Crippen LogP contribution in [0, 0.1) is 0 Å². The number of nitrogens with zero attached hydrogens (tertiary/aromatic N) is 3. The summed E-state index contributed by atoms with van der Waals surface area (Å²) in [5.74, 6) is 0. The SMILES string of the molecule is CNC(CCc1ccnn1C)c1ccc(C(F)(F)F)cn1. The third kappa shape index (κ3) is 3.81. The van der Waals surface area contributed by atoms with Crippen LogP contribution in [0.5, 0.6) is 0 Å². The van der Waals surface area contributed by atoms with Crippen LogP contribution in [0.15, 0.2) is 30.6 Å². The van der Waals surface area contributed by atoms with Crippen LogP contribution in [0.4, 0.5) is 13.2 Å². The van der Waals surface area contributed by atoms with Gasteiger partial charge in [-0.2, -0.15) is 18.3 Å². The first-order valence-corrected chi connectivity index (χ1v) is 6.59. The number of hydrogen-bond donors (Lipinski definition) is 1. The fourth-order valence-electron chi connectivity index (χ4n) is 2.16. The third-order valence-corrected chi connectivity index (χ3v) is 3.43. The number of aryl methyl sites for hydroxylation is 2. The Labute approximate surface area is 121 Å². The molecule has 0 spiro atoms. The average Bonchev–Trinajstić information content (AvgIpc) is 2.85. The molecule has 0 aliphatic rings. The summed E-state index contributed by atoms with van der Waals surface area (Å²) in [6.45, 7) is 0. The average molecular weight is 298 g/mol. The first-order valence-electron chi connectivity index (χ1n) is 6.59. The van der Waals surface area contributed by atoms with Crippen molar-refractivity contribution in [2.75, 3.05) is 7.05 Å². The molecule has 1 atom stereocenters. The molecular formula is C14H17F3N4. The lowest BCUT2D eigenvalue weighted by atomic mass is 10.1. The van der Waals surface area contributed by atoms with Gasteiger partial charge in [0.2, 0.25) is 0 Å². The van der Waals surface area contributed by atoms with Gasteiger partial charge in [-0.3, -0.25) is 9.67 Å². The van der Waals surface area contributed by atoms with Gasteiger partial charge in [0.1, 0.15) is 0 Å². The number of halogens is 3. The Morgan fingerprint density at radius 1 is 1.29 bits per heavy atom. The fourth-order valence-corrected chi connectivity index (χ4v) is 2.16. The summed E-state index contributed by atoms with van der Waals surface area (Å²) in [5.41, 5.74) is 0.947. The number of pyridine rings is 1. The van der Waals surface area contributed by atoms with Crippen LogP contribution in [0.3, 0.4) is 0 Å². The molecule has 0 amide bonds. The van der Waals surface area contributed by atoms with Crippen LogP contribution in [-0.2, 0) is 19.6 Å². The number of alkyl halides is 3. The van der Waals surface area contributed by atoms with Gasteiger partial charge in [0.05, 0.1) is 11.3 Å². The van der Waals surface area contributed by atoms with Crippen molar-refractivity contribution in [3.8, 4) is 0 Å². The van der Waals surface area contributed by atoms with E-state index in [0.29, 0.717) is 5.69 Å². The highest BCUT2D eigenvalue weighted by molar-refractivity contribution is 5.19. The standard InChI is InChI=1S/C14H17F3N4/c1-18-12(6-4-11-7-8-20-21(11)2)13-5-3-10(9-19-13)14(15,16)17/h3,5,7-9,12,18H,4,6H2,1-2H3. The summed E-state index contributed by atoms with van der Waals surface area (Å²) < 4.78 is 39.3. The molecule has 0 saturated carbocycles. The lowest BCUT2D eigenvalue weighted by Gasteiger charge is -2.16. The first kappa shape index (κ1) is 15.5. The monoisotopic (exact) mass is 298 g/mol. The molecule has 0 radical (unpaired) electrons. The van der Waals surface area contributed by atoms with Gasteiger partial charge in [0, 0.05) is 31.2 Å². The summed E-state index contributed by atoms with van der Waals surface area (Å²) in [7, 11) is 3.63. The normalized spacial score (nSPS) is 13.4. The molecule has 2 aromatic rings. The molecule has 21 heavy (non-hydrogen) atoms. The van der Waals surface area contributed by atoms with Crippen LogP contribution in [0.2, 0.25) is 0 Å². The summed E-state index contributed by atoms with van der Waals surface area (Å²) in [6.07, 6.45) is -0.252. The largest absolute Gasteiger partial charge is 0.417 e. The third-order valence-electron chi connectivity index (χ3n) is 3.43. The topological polar surface area (TPSA) is 42.7 Å². The van der Waals surface area contributed by atoms with Gasteiger partial charge in [0.25, 0.3) is 0 Å². The van der Waals surface area contributed by atoms with E-state index >= 15 is 0 Å². The predicted molar refractivity (Wildman–Crippen MR) is 72.6 cm³/mol. The van der Waals surface area contributed by atoms with Gasteiger partial charge in [-0.05, 0) is 38.1 Å². The van der Waals surface area contributed by atoms with Gasteiger partial charge < -0.3 is 5.32 Å². The van der Waals surface area contributed by atoms with Crippen LogP contribution in [-0.4, -0.2) is 21.8 Å². The van der Waals surface area contributed by atoms with E-state index in [9.17, 15) is 13.2 Å². The van der Waals surface area contributed by atoms with Crippen molar-refractivity contribution < 1.29 is 13.2 Å². The predicted octanol–water partition coefficient (Wildman–Crippen LogP) is 2.73. The fraction of sp³-hybridized carbons (Fsp3) is 0.429. The van der Waals surface area contributed by atoms with Gasteiger partial charge in [-0.15, -0.1) is 0 Å². The quantitative estimate of drug-likeness (QED) is 0.923. The van der Waals surface area contributed by atoms with Crippen molar-refractivity contribution in [2.24, 2.45) is 7.05 Å². The smallest absolute Gasteiger partial charge is 0.312 e. The summed E-state index contributed by atoms with van der Waals surface area (Å²) in [4.78, 5) is 3.93. The van der Waals surface area contributed by atoms with Crippen molar-refractivity contribution in [1.29, 1.82) is 0 Å². The molecule has 1 unspecified atom stereocenters. The molecule has 1 N–H and O–H groups in total. The van der Waals surface area contributed by atoms with Gasteiger partial charge in [0.15, 0.2) is 0 Å². The first-order chi connectivity index (χ1) is 9.91. The Kier molecular flexibility index (Phi) is 4.62. The van der Waals surface area contributed by atoms with Crippen LogP contribution >= 0.6 is 0 Å². The van der Waals surface area contributed by atoms with E-state index in [0.717, 1.165) is 30.8 Å². The molecule has 0 aromatic carbocycles. The Hall–Kier alpha value is -1.89. The molecule has 4 nitrogen and oxygen atoms in total. The summed E-state index contributed by atoms with van der Waals surface area (Å²) >= 11 is 0. The number of rotatable bonds is 5. The molecule has 2 aromatic heterocycles. The maximum absolute atomic E-state index is 12.5. The Bertz CT molecular complexity index is 575. The minimum Gasteiger partial charge on any atom is -0.312 e. The van der Waals surface area contributed by atoms with Crippen molar-refractivity contribution in [2.45, 2.75) is 25.1 Å². The van der Waals surface area contributed by atoms with Gasteiger partial charge >= 0.3 is 6.18 Å². The van der Waals surface area contributed by atoms with E-state index in [2.05, 4.69) is 15.4 Å². The Morgan fingerprint density at radius 3 is 2.52 bits per heavy atom. The molecule has 0 bridgehead atoms.